The summed E-state index contributed by atoms with van der Waals surface area (Å²) in [5.74, 6) is -0.164. The third-order valence-corrected chi connectivity index (χ3v) is 5.81. The molecule has 2 aromatic heterocycles. The van der Waals surface area contributed by atoms with Gasteiger partial charge in [0.1, 0.15) is 11.5 Å². The standard InChI is InChI=1S/C22H28N2O5/c1-13-18(14(2)23-19(13)22(27)28-4)20(25)15(3)24(12-17-10-7-11-29-17)21(26)16-8-5-6-9-16/h7,10-11,15-16,23H,5-6,8-9,12H2,1-4H3/t15-/m0/s1. The van der Waals surface area contributed by atoms with Crippen LogP contribution in [0.25, 0.3) is 0 Å². The molecule has 0 spiro atoms. The molecule has 1 atom stereocenters. The van der Waals surface area contributed by atoms with Crippen LogP contribution in [0.3, 0.4) is 0 Å². The third-order valence-electron chi connectivity index (χ3n) is 5.81. The van der Waals surface area contributed by atoms with E-state index in [2.05, 4.69) is 4.98 Å². The van der Waals surface area contributed by atoms with Gasteiger partial charge >= 0.3 is 5.97 Å². The van der Waals surface area contributed by atoms with Gasteiger partial charge in [0.25, 0.3) is 0 Å². The van der Waals surface area contributed by atoms with Crippen molar-refractivity contribution in [3.63, 3.8) is 0 Å². The van der Waals surface area contributed by atoms with E-state index in [0.717, 1.165) is 25.7 Å². The quantitative estimate of drug-likeness (QED) is 0.564. The second-order valence-corrected chi connectivity index (χ2v) is 7.68. The molecule has 3 rings (SSSR count). The van der Waals surface area contributed by atoms with Crippen molar-refractivity contribution >= 4 is 17.7 Å². The summed E-state index contributed by atoms with van der Waals surface area (Å²) in [7, 11) is 1.30. The van der Waals surface area contributed by atoms with Crippen LogP contribution in [0.15, 0.2) is 22.8 Å². The number of hydrogen-bond acceptors (Lipinski definition) is 5. The molecule has 29 heavy (non-hydrogen) atoms. The number of aromatic nitrogens is 1. The largest absolute Gasteiger partial charge is 0.467 e. The Bertz CT molecular complexity index is 891. The van der Waals surface area contributed by atoms with Crippen LogP contribution in [0.1, 0.15) is 70.5 Å². The normalized spacial score (nSPS) is 15.3. The summed E-state index contributed by atoms with van der Waals surface area (Å²) in [6.07, 6.45) is 5.33. The van der Waals surface area contributed by atoms with E-state index in [0.29, 0.717) is 22.6 Å². The molecule has 0 unspecified atom stereocenters. The molecule has 7 nitrogen and oxygen atoms in total. The number of ketones is 1. The fourth-order valence-corrected chi connectivity index (χ4v) is 4.16. The fraction of sp³-hybridized carbons (Fsp3) is 0.500. The Kier molecular flexibility index (Phi) is 6.25. The van der Waals surface area contributed by atoms with Crippen molar-refractivity contribution in [2.24, 2.45) is 5.92 Å². The summed E-state index contributed by atoms with van der Waals surface area (Å²) < 4.78 is 10.2. The van der Waals surface area contributed by atoms with Crippen molar-refractivity contribution in [1.29, 1.82) is 0 Å². The minimum atomic E-state index is -0.688. The average molecular weight is 400 g/mol. The molecule has 7 heteroatoms. The Labute approximate surface area is 170 Å². The Morgan fingerprint density at radius 1 is 1.28 bits per heavy atom. The van der Waals surface area contributed by atoms with Crippen molar-refractivity contribution in [3.05, 3.63) is 46.7 Å². The number of methoxy groups -OCH3 is 1. The third kappa shape index (κ3) is 4.13. The highest BCUT2D eigenvalue weighted by Gasteiger charge is 2.35. The summed E-state index contributed by atoms with van der Waals surface area (Å²) in [4.78, 5) is 43.2. The van der Waals surface area contributed by atoms with Crippen LogP contribution in [0.5, 0.6) is 0 Å². The van der Waals surface area contributed by atoms with E-state index in [1.807, 2.05) is 0 Å². The first kappa shape index (κ1) is 20.9. The number of esters is 1. The maximum Gasteiger partial charge on any atom is 0.354 e. The number of H-pyrrole nitrogens is 1. The highest BCUT2D eigenvalue weighted by atomic mass is 16.5. The van der Waals surface area contributed by atoms with Crippen LogP contribution in [0, 0.1) is 19.8 Å². The van der Waals surface area contributed by atoms with E-state index >= 15 is 0 Å². The zero-order chi connectivity index (χ0) is 21.1. The van der Waals surface area contributed by atoms with Crippen molar-refractivity contribution in [1.82, 2.24) is 9.88 Å². The highest BCUT2D eigenvalue weighted by molar-refractivity contribution is 6.06. The molecule has 1 fully saturated rings. The number of amides is 1. The molecule has 1 saturated carbocycles. The molecule has 0 saturated heterocycles. The first-order valence-corrected chi connectivity index (χ1v) is 9.99. The summed E-state index contributed by atoms with van der Waals surface area (Å²) >= 11 is 0. The minimum Gasteiger partial charge on any atom is -0.467 e. The molecular formula is C22H28N2O5. The Balaban J connectivity index is 1.91. The van der Waals surface area contributed by atoms with Gasteiger partial charge in [-0.2, -0.15) is 0 Å². The van der Waals surface area contributed by atoms with Gasteiger partial charge < -0.3 is 19.0 Å². The lowest BCUT2D eigenvalue weighted by Gasteiger charge is -2.30. The molecule has 1 N–H and O–H groups in total. The lowest BCUT2D eigenvalue weighted by Crippen LogP contribution is -2.45. The van der Waals surface area contributed by atoms with Gasteiger partial charge in [0, 0.05) is 17.2 Å². The van der Waals surface area contributed by atoms with Gasteiger partial charge in [0.05, 0.1) is 26.0 Å². The van der Waals surface area contributed by atoms with Crippen LogP contribution < -0.4 is 0 Å². The molecular weight excluding hydrogens is 372 g/mol. The van der Waals surface area contributed by atoms with E-state index in [-0.39, 0.29) is 29.8 Å². The number of furan rings is 1. The van der Waals surface area contributed by atoms with Crippen LogP contribution in [-0.2, 0) is 16.1 Å². The van der Waals surface area contributed by atoms with Crippen molar-refractivity contribution in [2.75, 3.05) is 7.11 Å². The zero-order valence-electron chi connectivity index (χ0n) is 17.4. The molecule has 0 radical (unpaired) electrons. The smallest absolute Gasteiger partial charge is 0.354 e. The number of aromatic amines is 1. The number of carbonyl (C=O) groups excluding carboxylic acids is 3. The maximum absolute atomic E-state index is 13.4. The fourth-order valence-electron chi connectivity index (χ4n) is 4.16. The van der Waals surface area contributed by atoms with Crippen LogP contribution >= 0.6 is 0 Å². The summed E-state index contributed by atoms with van der Waals surface area (Å²) in [6.45, 7) is 5.43. The van der Waals surface area contributed by atoms with Gasteiger partial charge in [-0.1, -0.05) is 12.8 Å². The number of rotatable bonds is 7. The second kappa shape index (κ2) is 8.68. The van der Waals surface area contributed by atoms with Crippen LogP contribution in [-0.4, -0.2) is 40.7 Å². The summed E-state index contributed by atoms with van der Waals surface area (Å²) in [6, 6.07) is 2.88. The molecule has 2 aromatic rings. The van der Waals surface area contributed by atoms with E-state index in [1.165, 1.54) is 7.11 Å². The molecule has 0 bridgehead atoms. The average Bonchev–Trinajstić information content (AvgIpc) is 3.46. The number of hydrogen-bond donors (Lipinski definition) is 1. The van der Waals surface area contributed by atoms with Crippen molar-refractivity contribution < 1.29 is 23.5 Å². The Morgan fingerprint density at radius 2 is 1.97 bits per heavy atom. The Morgan fingerprint density at radius 3 is 2.55 bits per heavy atom. The molecule has 0 aliphatic heterocycles. The number of ether oxygens (including phenoxy) is 1. The van der Waals surface area contributed by atoms with Gasteiger partial charge in [0.2, 0.25) is 5.91 Å². The summed E-state index contributed by atoms with van der Waals surface area (Å²) in [5, 5.41) is 0. The number of aryl methyl sites for hydroxylation is 1. The van der Waals surface area contributed by atoms with E-state index in [4.69, 9.17) is 9.15 Å². The van der Waals surface area contributed by atoms with Crippen molar-refractivity contribution in [2.45, 2.75) is 59.0 Å². The SMILES string of the molecule is COC(=O)c1[nH]c(C)c(C(=O)[C@H](C)N(Cc2ccco2)C(=O)C2CCCC2)c1C. The number of nitrogens with one attached hydrogen (secondary N) is 1. The van der Waals surface area contributed by atoms with Gasteiger partial charge in [-0.15, -0.1) is 0 Å². The molecule has 1 aliphatic rings. The predicted octanol–water partition coefficient (Wildman–Crippen LogP) is 3.80. The summed E-state index contributed by atoms with van der Waals surface area (Å²) in [5.41, 5.74) is 1.82. The number of Topliss-reactive ketones (excluding diaryl/α,β-unsaturated/α-hetero) is 1. The Hall–Kier alpha value is -2.83. The van der Waals surface area contributed by atoms with Gasteiger partial charge in [-0.25, -0.2) is 4.79 Å². The molecule has 1 amide bonds. The number of carbonyl (C=O) groups is 3. The zero-order valence-corrected chi connectivity index (χ0v) is 17.4. The van der Waals surface area contributed by atoms with Crippen molar-refractivity contribution in [3.8, 4) is 0 Å². The lowest BCUT2D eigenvalue weighted by atomic mass is 9.98. The topological polar surface area (TPSA) is 92.6 Å². The van der Waals surface area contributed by atoms with E-state index < -0.39 is 12.0 Å². The van der Waals surface area contributed by atoms with Gasteiger partial charge in [0.15, 0.2) is 5.78 Å². The second-order valence-electron chi connectivity index (χ2n) is 7.68. The lowest BCUT2D eigenvalue weighted by molar-refractivity contribution is -0.137. The molecule has 2 heterocycles. The van der Waals surface area contributed by atoms with E-state index in [9.17, 15) is 14.4 Å². The first-order chi connectivity index (χ1) is 13.8. The van der Waals surface area contributed by atoms with Gasteiger partial charge in [-0.05, 0) is 51.3 Å². The predicted molar refractivity (Wildman–Crippen MR) is 107 cm³/mol. The van der Waals surface area contributed by atoms with Crippen LogP contribution in [0.4, 0.5) is 0 Å². The maximum atomic E-state index is 13.4. The van der Waals surface area contributed by atoms with Crippen LogP contribution in [0.2, 0.25) is 0 Å². The molecule has 0 aromatic carbocycles. The van der Waals surface area contributed by atoms with Gasteiger partial charge in [-0.3, -0.25) is 9.59 Å². The number of nitrogens with zero attached hydrogens (tertiary/aromatic N) is 1. The minimum absolute atomic E-state index is 0.0150. The first-order valence-electron chi connectivity index (χ1n) is 9.99. The monoisotopic (exact) mass is 400 g/mol. The highest BCUT2D eigenvalue weighted by Crippen LogP contribution is 2.29. The molecule has 156 valence electrons. The van der Waals surface area contributed by atoms with E-state index in [1.54, 1.807) is 44.1 Å². The molecule has 1 aliphatic carbocycles.